The van der Waals surface area contributed by atoms with Crippen molar-refractivity contribution in [3.8, 4) is 0 Å². The van der Waals surface area contributed by atoms with Crippen LogP contribution in [0.1, 0.15) is 17.4 Å². The summed E-state index contributed by atoms with van der Waals surface area (Å²) in [5.74, 6) is -0.326. The van der Waals surface area contributed by atoms with Gasteiger partial charge in [0.05, 0.1) is 5.69 Å². The van der Waals surface area contributed by atoms with Gasteiger partial charge in [-0.2, -0.15) is 0 Å². The third-order valence-electron chi connectivity index (χ3n) is 2.57. The van der Waals surface area contributed by atoms with E-state index < -0.39 is 6.10 Å². The van der Waals surface area contributed by atoms with Crippen molar-refractivity contribution < 1.29 is 9.50 Å². The van der Waals surface area contributed by atoms with Gasteiger partial charge in [0.15, 0.2) is 0 Å². The van der Waals surface area contributed by atoms with Crippen LogP contribution < -0.4 is 0 Å². The van der Waals surface area contributed by atoms with E-state index in [1.165, 1.54) is 12.1 Å². The number of benzene rings is 1. The molecule has 1 aromatic heterocycles. The first-order valence-electron chi connectivity index (χ1n) is 5.40. The Hall–Kier alpha value is -0.300. The second kappa shape index (κ2) is 6.43. The molecular weight excluding hydrogens is 445 g/mol. The van der Waals surface area contributed by atoms with E-state index in [-0.39, 0.29) is 12.2 Å². The molecule has 2 aromatic rings. The molecule has 100 valence electrons. The Morgan fingerprint density at radius 2 is 1.89 bits per heavy atom. The average Bonchev–Trinajstić information content (AvgIpc) is 2.33. The lowest BCUT2D eigenvalue weighted by atomic mass is 10.1. The van der Waals surface area contributed by atoms with Crippen molar-refractivity contribution in [1.82, 2.24) is 4.98 Å². The van der Waals surface area contributed by atoms with Crippen LogP contribution in [0.5, 0.6) is 0 Å². The van der Waals surface area contributed by atoms with Crippen molar-refractivity contribution in [1.29, 1.82) is 0 Å². The number of aliphatic hydroxyl groups excluding tert-OH is 1. The molecule has 0 saturated heterocycles. The predicted octanol–water partition coefficient (Wildman–Crippen LogP) is 4.78. The minimum absolute atomic E-state index is 0.283. The fraction of sp³-hybridized carbons (Fsp3) is 0.154. The first-order valence-corrected chi connectivity index (χ1v) is 7.78. The molecule has 0 aliphatic rings. The molecule has 0 bridgehead atoms. The average molecular weight is 454 g/mol. The summed E-state index contributed by atoms with van der Waals surface area (Å²) in [5.41, 5.74) is 1.23. The van der Waals surface area contributed by atoms with Gasteiger partial charge in [-0.05, 0) is 61.7 Å². The SMILES string of the molecule is OC(Cc1cc(F)ccc1Br)c1ncc(Br)cc1Br. The summed E-state index contributed by atoms with van der Waals surface area (Å²) in [6.45, 7) is 0. The highest BCUT2D eigenvalue weighted by molar-refractivity contribution is 9.11. The van der Waals surface area contributed by atoms with Gasteiger partial charge in [-0.15, -0.1) is 0 Å². The first-order chi connectivity index (χ1) is 8.97. The van der Waals surface area contributed by atoms with Gasteiger partial charge in [0, 0.05) is 26.0 Å². The van der Waals surface area contributed by atoms with Crippen LogP contribution in [0, 0.1) is 5.82 Å². The van der Waals surface area contributed by atoms with Crippen molar-refractivity contribution in [2.45, 2.75) is 12.5 Å². The van der Waals surface area contributed by atoms with Gasteiger partial charge in [-0.25, -0.2) is 4.39 Å². The summed E-state index contributed by atoms with van der Waals surface area (Å²) in [5, 5.41) is 10.2. The number of hydrogen-bond acceptors (Lipinski definition) is 2. The van der Waals surface area contributed by atoms with Crippen LogP contribution in [-0.2, 0) is 6.42 Å². The molecule has 0 saturated carbocycles. The van der Waals surface area contributed by atoms with Crippen LogP contribution in [0.3, 0.4) is 0 Å². The molecule has 1 unspecified atom stereocenters. The summed E-state index contributed by atoms with van der Waals surface area (Å²) < 4.78 is 15.5. The Bertz CT molecular complexity index is 606. The summed E-state index contributed by atoms with van der Waals surface area (Å²) in [6.07, 6.45) is 1.09. The fourth-order valence-corrected chi connectivity index (χ4v) is 3.34. The molecule has 0 amide bonds. The molecule has 19 heavy (non-hydrogen) atoms. The van der Waals surface area contributed by atoms with Crippen LogP contribution in [-0.4, -0.2) is 10.1 Å². The number of hydrogen-bond donors (Lipinski definition) is 1. The zero-order valence-electron chi connectivity index (χ0n) is 9.58. The van der Waals surface area contributed by atoms with Gasteiger partial charge >= 0.3 is 0 Å². The van der Waals surface area contributed by atoms with Crippen molar-refractivity contribution in [2.75, 3.05) is 0 Å². The molecule has 2 rings (SSSR count). The van der Waals surface area contributed by atoms with Crippen LogP contribution in [0.4, 0.5) is 4.39 Å². The lowest BCUT2D eigenvalue weighted by molar-refractivity contribution is 0.172. The Morgan fingerprint density at radius 1 is 1.16 bits per heavy atom. The molecule has 1 N–H and O–H groups in total. The van der Waals surface area contributed by atoms with Crippen LogP contribution in [0.2, 0.25) is 0 Å². The molecule has 6 heteroatoms. The second-order valence-electron chi connectivity index (χ2n) is 3.98. The fourth-order valence-electron chi connectivity index (χ4n) is 1.68. The maximum absolute atomic E-state index is 13.2. The Labute approximate surface area is 135 Å². The van der Waals surface area contributed by atoms with Crippen molar-refractivity contribution in [3.63, 3.8) is 0 Å². The van der Waals surface area contributed by atoms with E-state index in [9.17, 15) is 9.50 Å². The standard InChI is InChI=1S/C13H9Br3FNO/c14-8-5-11(16)13(18-6-8)12(19)4-7-3-9(17)1-2-10(7)15/h1-3,5-6,12,19H,4H2. The van der Waals surface area contributed by atoms with Gasteiger partial charge in [0.2, 0.25) is 0 Å². The Morgan fingerprint density at radius 3 is 2.58 bits per heavy atom. The van der Waals surface area contributed by atoms with Crippen LogP contribution in [0.25, 0.3) is 0 Å². The summed E-state index contributed by atoms with van der Waals surface area (Å²) in [6, 6.07) is 6.21. The van der Waals surface area contributed by atoms with Gasteiger partial charge < -0.3 is 5.11 Å². The molecule has 0 radical (unpaired) electrons. The van der Waals surface area contributed by atoms with Gasteiger partial charge in [-0.1, -0.05) is 15.9 Å². The molecule has 1 atom stereocenters. The van der Waals surface area contributed by atoms with E-state index in [2.05, 4.69) is 52.8 Å². The molecule has 1 heterocycles. The molecule has 0 aliphatic heterocycles. The van der Waals surface area contributed by atoms with E-state index in [1.807, 2.05) is 6.07 Å². The number of rotatable bonds is 3. The number of aromatic nitrogens is 1. The largest absolute Gasteiger partial charge is 0.386 e. The highest BCUT2D eigenvalue weighted by Gasteiger charge is 2.16. The summed E-state index contributed by atoms with van der Waals surface area (Å²) in [4.78, 5) is 4.17. The molecule has 1 aromatic carbocycles. The number of aliphatic hydroxyl groups is 1. The van der Waals surface area contributed by atoms with Gasteiger partial charge in [0.25, 0.3) is 0 Å². The smallest absolute Gasteiger partial charge is 0.123 e. The van der Waals surface area contributed by atoms with E-state index in [0.29, 0.717) is 15.7 Å². The van der Waals surface area contributed by atoms with Crippen molar-refractivity contribution >= 4 is 47.8 Å². The molecule has 0 spiro atoms. The number of pyridine rings is 1. The van der Waals surface area contributed by atoms with E-state index >= 15 is 0 Å². The summed E-state index contributed by atoms with van der Waals surface area (Å²) >= 11 is 10.0. The second-order valence-corrected chi connectivity index (χ2v) is 6.60. The zero-order chi connectivity index (χ0) is 14.0. The minimum atomic E-state index is -0.805. The van der Waals surface area contributed by atoms with Crippen LogP contribution >= 0.6 is 47.8 Å². The van der Waals surface area contributed by atoms with Crippen molar-refractivity contribution in [2.24, 2.45) is 0 Å². The number of halogens is 4. The topological polar surface area (TPSA) is 33.1 Å². The monoisotopic (exact) mass is 451 g/mol. The molecule has 2 nitrogen and oxygen atoms in total. The van der Waals surface area contributed by atoms with Crippen LogP contribution in [0.15, 0.2) is 43.9 Å². The maximum atomic E-state index is 13.2. The van der Waals surface area contributed by atoms with E-state index in [1.54, 1.807) is 12.3 Å². The summed E-state index contributed by atoms with van der Waals surface area (Å²) in [7, 11) is 0. The predicted molar refractivity (Wildman–Crippen MR) is 82.4 cm³/mol. The highest BCUT2D eigenvalue weighted by Crippen LogP contribution is 2.29. The Kier molecular flexibility index (Phi) is 5.11. The zero-order valence-corrected chi connectivity index (χ0v) is 14.3. The third-order valence-corrected chi connectivity index (χ3v) is 4.42. The molecule has 0 fully saturated rings. The normalized spacial score (nSPS) is 12.5. The Balaban J connectivity index is 2.25. The van der Waals surface area contributed by atoms with Crippen molar-refractivity contribution in [3.05, 3.63) is 61.0 Å². The maximum Gasteiger partial charge on any atom is 0.123 e. The highest BCUT2D eigenvalue weighted by atomic mass is 79.9. The van der Waals surface area contributed by atoms with Gasteiger partial charge in [0.1, 0.15) is 11.9 Å². The van der Waals surface area contributed by atoms with E-state index in [0.717, 1.165) is 8.95 Å². The molecular formula is C13H9Br3FNO. The minimum Gasteiger partial charge on any atom is -0.386 e. The lowest BCUT2D eigenvalue weighted by Gasteiger charge is -2.13. The number of nitrogens with zero attached hydrogens (tertiary/aromatic N) is 1. The third kappa shape index (κ3) is 3.84. The first kappa shape index (κ1) is 15.1. The molecule has 0 aliphatic carbocycles. The van der Waals surface area contributed by atoms with Gasteiger partial charge in [-0.3, -0.25) is 4.98 Å². The quantitative estimate of drug-likeness (QED) is 0.725. The van der Waals surface area contributed by atoms with E-state index in [4.69, 9.17) is 0 Å². The lowest BCUT2D eigenvalue weighted by Crippen LogP contribution is -2.06.